The van der Waals surface area contributed by atoms with E-state index in [4.69, 9.17) is 5.11 Å². The van der Waals surface area contributed by atoms with E-state index in [1.807, 2.05) is 18.0 Å². The Hall–Kier alpha value is -0.500. The quantitative estimate of drug-likeness (QED) is 0.474. The number of nitrogens with zero attached hydrogens (tertiary/aromatic N) is 1. The Morgan fingerprint density at radius 1 is 1.86 bits per heavy atom. The van der Waals surface area contributed by atoms with E-state index in [0.29, 0.717) is 5.76 Å². The predicted octanol–water partition coefficient (Wildman–Crippen LogP) is 0.374. The van der Waals surface area contributed by atoms with Crippen LogP contribution >= 0.6 is 0 Å². The Morgan fingerprint density at radius 2 is 2.57 bits per heavy atom. The summed E-state index contributed by atoms with van der Waals surface area (Å²) in [6.45, 7) is 1.62. The van der Waals surface area contributed by atoms with E-state index in [-0.39, 0.29) is 0 Å². The Balaban J connectivity index is 2.42. The first-order chi connectivity index (χ1) is 3.29. The lowest BCUT2D eigenvalue weighted by Crippen LogP contribution is -2.13. The van der Waals surface area contributed by atoms with Crippen molar-refractivity contribution >= 4 is 0 Å². The molecule has 0 fully saturated rings. The molecular weight excluding hydrogens is 90.1 g/mol. The molecule has 0 aliphatic carbocycles. The van der Waals surface area contributed by atoms with Crippen molar-refractivity contribution in [3.63, 3.8) is 0 Å². The van der Waals surface area contributed by atoms with E-state index in [1.165, 1.54) is 0 Å². The van der Waals surface area contributed by atoms with E-state index >= 15 is 0 Å². The molecule has 0 aromatic heterocycles. The molecule has 0 radical (unpaired) electrons. The van der Waals surface area contributed by atoms with Crippen LogP contribution in [0, 0.1) is 0 Å². The van der Waals surface area contributed by atoms with E-state index in [1.54, 1.807) is 0 Å². The van der Waals surface area contributed by atoms with Crippen molar-refractivity contribution in [2.24, 2.45) is 0 Å². The number of aliphatic hydroxyl groups is 1. The van der Waals surface area contributed by atoms with Gasteiger partial charge >= 0.3 is 0 Å². The van der Waals surface area contributed by atoms with Crippen LogP contribution in [-0.2, 0) is 0 Å². The van der Waals surface area contributed by atoms with Crippen molar-refractivity contribution in [2.45, 2.75) is 0 Å². The summed E-state index contributed by atoms with van der Waals surface area (Å²) in [5.74, 6) is 0.502. The topological polar surface area (TPSA) is 23.5 Å². The highest BCUT2D eigenvalue weighted by Crippen LogP contribution is 2.00. The van der Waals surface area contributed by atoms with Gasteiger partial charge in [0, 0.05) is 6.54 Å². The maximum atomic E-state index is 8.72. The Kier molecular flexibility index (Phi) is 1.02. The molecule has 0 saturated carbocycles. The number of hydrogen-bond donors (Lipinski definition) is 1. The maximum absolute atomic E-state index is 8.72. The number of likely N-dealkylation sites (N-methyl/N-ethyl adjacent to an activating group) is 1. The summed E-state index contributed by atoms with van der Waals surface area (Å²) in [6.07, 6.45) is 1.82. The molecule has 40 valence electrons. The van der Waals surface area contributed by atoms with Crippen molar-refractivity contribution in [3.05, 3.63) is 11.8 Å². The van der Waals surface area contributed by atoms with Crippen LogP contribution in [0.2, 0.25) is 0 Å². The molecule has 1 aliphatic heterocycles. The molecule has 7 heavy (non-hydrogen) atoms. The van der Waals surface area contributed by atoms with E-state index in [0.717, 1.165) is 13.1 Å². The van der Waals surface area contributed by atoms with Gasteiger partial charge in [-0.05, 0) is 13.1 Å². The fraction of sp³-hybridized carbons (Fsp3) is 0.600. The van der Waals surface area contributed by atoms with Crippen molar-refractivity contribution in [3.8, 4) is 0 Å². The number of aliphatic hydroxyl groups excluding tert-OH is 1. The van der Waals surface area contributed by atoms with Gasteiger partial charge in [-0.15, -0.1) is 0 Å². The van der Waals surface area contributed by atoms with Crippen LogP contribution in [0.5, 0.6) is 0 Å². The number of hydrogen-bond acceptors (Lipinski definition) is 2. The van der Waals surface area contributed by atoms with Crippen molar-refractivity contribution in [1.82, 2.24) is 4.90 Å². The van der Waals surface area contributed by atoms with Crippen LogP contribution in [0.1, 0.15) is 0 Å². The Labute approximate surface area is 43.1 Å². The zero-order chi connectivity index (χ0) is 5.28. The van der Waals surface area contributed by atoms with Gasteiger partial charge < -0.3 is 5.11 Å². The molecule has 0 spiro atoms. The lowest BCUT2D eigenvalue weighted by atomic mass is 10.5. The van der Waals surface area contributed by atoms with Gasteiger partial charge in [-0.3, -0.25) is 4.90 Å². The zero-order valence-electron chi connectivity index (χ0n) is 4.39. The largest absolute Gasteiger partial charge is 0.511 e. The molecule has 0 aromatic rings. The van der Waals surface area contributed by atoms with Gasteiger partial charge in [0.25, 0.3) is 0 Å². The molecule has 1 heterocycles. The standard InChI is InChI=1S/C5H9NO/c1-6-3-2-5(7)4-6/h2,7H,3-4H2,1H3. The first kappa shape index (κ1) is 4.65. The molecule has 0 bridgehead atoms. The van der Waals surface area contributed by atoms with Gasteiger partial charge in [-0.25, -0.2) is 0 Å². The molecule has 0 atom stereocenters. The maximum Gasteiger partial charge on any atom is 0.104 e. The van der Waals surface area contributed by atoms with Crippen LogP contribution in [-0.4, -0.2) is 30.1 Å². The van der Waals surface area contributed by atoms with E-state index < -0.39 is 0 Å². The van der Waals surface area contributed by atoms with Crippen LogP contribution in [0.25, 0.3) is 0 Å². The molecule has 2 heteroatoms. The van der Waals surface area contributed by atoms with Gasteiger partial charge in [-0.1, -0.05) is 0 Å². The van der Waals surface area contributed by atoms with E-state index in [2.05, 4.69) is 0 Å². The molecular formula is C5H9NO. The second-order valence-electron chi connectivity index (χ2n) is 1.89. The minimum Gasteiger partial charge on any atom is -0.511 e. The molecule has 2 nitrogen and oxygen atoms in total. The minimum absolute atomic E-state index is 0.502. The summed E-state index contributed by atoms with van der Waals surface area (Å²) in [4.78, 5) is 2.04. The summed E-state index contributed by atoms with van der Waals surface area (Å²) >= 11 is 0. The molecule has 0 aromatic carbocycles. The highest BCUT2D eigenvalue weighted by atomic mass is 16.3. The summed E-state index contributed by atoms with van der Waals surface area (Å²) in [5.41, 5.74) is 0. The molecule has 0 saturated heterocycles. The summed E-state index contributed by atoms with van der Waals surface area (Å²) in [7, 11) is 1.97. The summed E-state index contributed by atoms with van der Waals surface area (Å²) < 4.78 is 0. The van der Waals surface area contributed by atoms with Gasteiger partial charge in [-0.2, -0.15) is 0 Å². The molecule has 1 rings (SSSR count). The zero-order valence-corrected chi connectivity index (χ0v) is 4.39. The fourth-order valence-electron chi connectivity index (χ4n) is 0.667. The lowest BCUT2D eigenvalue weighted by Gasteiger charge is -2.02. The predicted molar refractivity (Wildman–Crippen MR) is 28.2 cm³/mol. The fourth-order valence-corrected chi connectivity index (χ4v) is 0.667. The third-order valence-electron chi connectivity index (χ3n) is 1.07. The Bertz CT molecular complexity index is 98.3. The minimum atomic E-state index is 0.502. The number of rotatable bonds is 0. The lowest BCUT2D eigenvalue weighted by molar-refractivity contribution is 0.343. The first-order valence-electron chi connectivity index (χ1n) is 2.35. The summed E-state index contributed by atoms with van der Waals surface area (Å²) in [5, 5.41) is 8.72. The average molecular weight is 99.1 g/mol. The van der Waals surface area contributed by atoms with Crippen molar-refractivity contribution in [2.75, 3.05) is 20.1 Å². The monoisotopic (exact) mass is 99.1 g/mol. The Morgan fingerprint density at radius 3 is 2.71 bits per heavy atom. The highest BCUT2D eigenvalue weighted by molar-refractivity contribution is 5.01. The van der Waals surface area contributed by atoms with Crippen LogP contribution in [0.4, 0.5) is 0 Å². The van der Waals surface area contributed by atoms with E-state index in [9.17, 15) is 0 Å². The smallest absolute Gasteiger partial charge is 0.104 e. The third-order valence-corrected chi connectivity index (χ3v) is 1.07. The van der Waals surface area contributed by atoms with Crippen molar-refractivity contribution < 1.29 is 5.11 Å². The van der Waals surface area contributed by atoms with Gasteiger partial charge in [0.1, 0.15) is 5.76 Å². The molecule has 1 N–H and O–H groups in total. The van der Waals surface area contributed by atoms with Crippen LogP contribution in [0.3, 0.4) is 0 Å². The molecule has 1 aliphatic rings. The van der Waals surface area contributed by atoms with Gasteiger partial charge in [0.15, 0.2) is 0 Å². The average Bonchev–Trinajstić information content (AvgIpc) is 1.87. The first-order valence-corrected chi connectivity index (χ1v) is 2.35. The van der Waals surface area contributed by atoms with Crippen molar-refractivity contribution in [1.29, 1.82) is 0 Å². The normalized spacial score (nSPS) is 22.7. The van der Waals surface area contributed by atoms with Crippen LogP contribution < -0.4 is 0 Å². The van der Waals surface area contributed by atoms with Gasteiger partial charge in [0.2, 0.25) is 0 Å². The highest BCUT2D eigenvalue weighted by Gasteiger charge is 2.05. The summed E-state index contributed by atoms with van der Waals surface area (Å²) in [6, 6.07) is 0. The molecule has 0 unspecified atom stereocenters. The second kappa shape index (κ2) is 1.54. The second-order valence-corrected chi connectivity index (χ2v) is 1.89. The molecule has 0 amide bonds. The third kappa shape index (κ3) is 0.933. The SMILES string of the molecule is CN1CC=C(O)C1. The van der Waals surface area contributed by atoms with Gasteiger partial charge in [0.05, 0.1) is 6.54 Å². The van der Waals surface area contributed by atoms with Crippen LogP contribution in [0.15, 0.2) is 11.8 Å².